The number of carbonyl (C=O) groups excluding carboxylic acids is 1. The minimum Gasteiger partial charge on any atom is -0.320 e. The van der Waals surface area contributed by atoms with Crippen molar-refractivity contribution in [1.29, 1.82) is 0 Å². The Balaban J connectivity index is 1.89. The molecule has 1 saturated carbocycles. The Morgan fingerprint density at radius 2 is 2.05 bits per heavy atom. The zero-order chi connectivity index (χ0) is 14.9. The molecule has 0 spiro atoms. The molecule has 1 aromatic rings. The second kappa shape index (κ2) is 8.43. The van der Waals surface area contributed by atoms with Crippen LogP contribution in [0.5, 0.6) is 0 Å². The van der Waals surface area contributed by atoms with Crippen molar-refractivity contribution in [1.82, 2.24) is 4.98 Å². The first-order valence-corrected chi connectivity index (χ1v) is 7.74. The van der Waals surface area contributed by atoms with Crippen molar-refractivity contribution in [3.05, 3.63) is 23.9 Å². The Morgan fingerprint density at radius 1 is 1.29 bits per heavy atom. The van der Waals surface area contributed by atoms with E-state index in [2.05, 4.69) is 22.1 Å². The maximum Gasteiger partial charge on any atom is 0.225 e. The SMILES string of the molecule is NCC#Cc1cccc(NC(=O)CC2CCCCCC2)n1. The van der Waals surface area contributed by atoms with Crippen molar-refractivity contribution >= 4 is 11.7 Å². The van der Waals surface area contributed by atoms with Gasteiger partial charge in [-0.1, -0.05) is 37.7 Å². The monoisotopic (exact) mass is 285 g/mol. The number of nitrogens with one attached hydrogen (secondary N) is 1. The fourth-order valence-electron chi connectivity index (χ4n) is 2.74. The molecule has 3 N–H and O–H groups in total. The lowest BCUT2D eigenvalue weighted by Crippen LogP contribution is -2.17. The Labute approximate surface area is 126 Å². The van der Waals surface area contributed by atoms with E-state index in [4.69, 9.17) is 5.73 Å². The van der Waals surface area contributed by atoms with E-state index in [9.17, 15) is 4.79 Å². The third-order valence-corrected chi connectivity index (χ3v) is 3.78. The lowest BCUT2D eigenvalue weighted by molar-refractivity contribution is -0.117. The van der Waals surface area contributed by atoms with E-state index >= 15 is 0 Å². The number of anilines is 1. The summed E-state index contributed by atoms with van der Waals surface area (Å²) in [6, 6.07) is 5.44. The minimum atomic E-state index is 0.0540. The topological polar surface area (TPSA) is 68.0 Å². The Hall–Kier alpha value is -1.86. The predicted octanol–water partition coefficient (Wildman–Crippen LogP) is 2.69. The van der Waals surface area contributed by atoms with Gasteiger partial charge >= 0.3 is 0 Å². The van der Waals surface area contributed by atoms with E-state index in [0.717, 1.165) is 0 Å². The predicted molar refractivity (Wildman–Crippen MR) is 84.6 cm³/mol. The van der Waals surface area contributed by atoms with Crippen LogP contribution in [-0.4, -0.2) is 17.4 Å². The largest absolute Gasteiger partial charge is 0.320 e. The maximum absolute atomic E-state index is 12.1. The first-order chi connectivity index (χ1) is 10.3. The summed E-state index contributed by atoms with van der Waals surface area (Å²) in [6.07, 6.45) is 8.05. The zero-order valence-electron chi connectivity index (χ0n) is 12.4. The smallest absolute Gasteiger partial charge is 0.225 e. The van der Waals surface area contributed by atoms with E-state index in [0.29, 0.717) is 30.4 Å². The summed E-state index contributed by atoms with van der Waals surface area (Å²) in [4.78, 5) is 16.4. The summed E-state index contributed by atoms with van der Waals surface area (Å²) in [6.45, 7) is 0.306. The van der Waals surface area contributed by atoms with Gasteiger partial charge in [-0.2, -0.15) is 0 Å². The Bertz CT molecular complexity index is 522. The van der Waals surface area contributed by atoms with Crippen molar-refractivity contribution in [3.63, 3.8) is 0 Å². The van der Waals surface area contributed by atoms with E-state index < -0.39 is 0 Å². The number of aromatic nitrogens is 1. The molecule has 0 saturated heterocycles. The van der Waals surface area contributed by atoms with Gasteiger partial charge in [0.1, 0.15) is 11.5 Å². The van der Waals surface area contributed by atoms with Gasteiger partial charge in [0.25, 0.3) is 0 Å². The Morgan fingerprint density at radius 3 is 2.76 bits per heavy atom. The van der Waals surface area contributed by atoms with E-state index in [1.807, 2.05) is 12.1 Å². The van der Waals surface area contributed by atoms with Crippen LogP contribution in [0.1, 0.15) is 50.6 Å². The van der Waals surface area contributed by atoms with Crippen molar-refractivity contribution in [2.75, 3.05) is 11.9 Å². The lowest BCUT2D eigenvalue weighted by atomic mass is 9.96. The molecule has 21 heavy (non-hydrogen) atoms. The summed E-state index contributed by atoms with van der Waals surface area (Å²) in [7, 11) is 0. The molecule has 0 bridgehead atoms. The fourth-order valence-corrected chi connectivity index (χ4v) is 2.74. The van der Waals surface area contributed by atoms with E-state index in [1.165, 1.54) is 38.5 Å². The lowest BCUT2D eigenvalue weighted by Gasteiger charge is -2.13. The molecule has 0 aromatic carbocycles. The highest BCUT2D eigenvalue weighted by Gasteiger charge is 2.16. The highest BCUT2D eigenvalue weighted by atomic mass is 16.1. The summed E-state index contributed by atoms with van der Waals surface area (Å²) in [5.41, 5.74) is 5.97. The summed E-state index contributed by atoms with van der Waals surface area (Å²) < 4.78 is 0. The number of hydrogen-bond acceptors (Lipinski definition) is 3. The molecule has 4 heteroatoms. The maximum atomic E-state index is 12.1. The third-order valence-electron chi connectivity index (χ3n) is 3.78. The number of nitrogens with two attached hydrogens (primary N) is 1. The molecular formula is C17H23N3O. The summed E-state index contributed by atoms with van der Waals surface area (Å²) in [5, 5.41) is 2.88. The van der Waals surface area contributed by atoms with Crippen molar-refractivity contribution in [2.24, 2.45) is 11.7 Å². The van der Waals surface area contributed by atoms with E-state index in [-0.39, 0.29) is 5.91 Å². The molecule has 0 unspecified atom stereocenters. The molecule has 0 aliphatic heterocycles. The fraction of sp³-hybridized carbons (Fsp3) is 0.529. The van der Waals surface area contributed by atoms with Gasteiger partial charge in [-0.05, 0) is 36.8 Å². The quantitative estimate of drug-likeness (QED) is 0.662. The molecule has 0 radical (unpaired) electrons. The standard InChI is InChI=1S/C17H23N3O/c18-12-6-10-15-9-5-11-16(19-15)20-17(21)13-14-7-3-1-2-4-8-14/h5,9,11,14H,1-4,7-8,12-13,18H2,(H,19,20,21). The molecule has 1 heterocycles. The average molecular weight is 285 g/mol. The zero-order valence-corrected chi connectivity index (χ0v) is 12.4. The minimum absolute atomic E-state index is 0.0540. The van der Waals surface area contributed by atoms with Gasteiger partial charge in [0, 0.05) is 6.42 Å². The van der Waals surface area contributed by atoms with Crippen LogP contribution in [0, 0.1) is 17.8 Å². The van der Waals surface area contributed by atoms with Gasteiger partial charge in [-0.25, -0.2) is 4.98 Å². The van der Waals surface area contributed by atoms with Crippen LogP contribution in [0.4, 0.5) is 5.82 Å². The molecule has 4 nitrogen and oxygen atoms in total. The molecule has 1 amide bonds. The number of amides is 1. The molecule has 0 atom stereocenters. The summed E-state index contributed by atoms with van der Waals surface area (Å²) in [5.74, 6) is 6.77. The number of hydrogen-bond donors (Lipinski definition) is 2. The van der Waals surface area contributed by atoms with Crippen molar-refractivity contribution < 1.29 is 4.79 Å². The van der Waals surface area contributed by atoms with Gasteiger partial charge in [-0.15, -0.1) is 0 Å². The molecule has 2 rings (SSSR count). The van der Waals surface area contributed by atoms with Gasteiger partial charge in [-0.3, -0.25) is 4.79 Å². The van der Waals surface area contributed by atoms with Crippen molar-refractivity contribution in [2.45, 2.75) is 44.9 Å². The van der Waals surface area contributed by atoms with Crippen LogP contribution in [0.2, 0.25) is 0 Å². The van der Waals surface area contributed by atoms with Crippen LogP contribution in [0.3, 0.4) is 0 Å². The number of nitrogens with zero attached hydrogens (tertiary/aromatic N) is 1. The van der Waals surface area contributed by atoms with Crippen LogP contribution < -0.4 is 11.1 Å². The van der Waals surface area contributed by atoms with Gasteiger partial charge in [0.2, 0.25) is 5.91 Å². The first-order valence-electron chi connectivity index (χ1n) is 7.74. The molecule has 1 aliphatic rings. The molecule has 1 fully saturated rings. The Kier molecular flexibility index (Phi) is 6.23. The van der Waals surface area contributed by atoms with Crippen molar-refractivity contribution in [3.8, 4) is 11.8 Å². The third kappa shape index (κ3) is 5.57. The number of rotatable bonds is 3. The second-order valence-electron chi connectivity index (χ2n) is 5.52. The molecule has 1 aromatic heterocycles. The van der Waals surface area contributed by atoms with Gasteiger partial charge in [0.15, 0.2) is 0 Å². The molecular weight excluding hydrogens is 262 g/mol. The number of pyridine rings is 1. The average Bonchev–Trinajstić information content (AvgIpc) is 2.74. The van der Waals surface area contributed by atoms with Crippen LogP contribution in [0.15, 0.2) is 18.2 Å². The molecule has 112 valence electrons. The summed E-state index contributed by atoms with van der Waals surface area (Å²) >= 11 is 0. The van der Waals surface area contributed by atoms with Crippen LogP contribution in [-0.2, 0) is 4.79 Å². The van der Waals surface area contributed by atoms with Crippen LogP contribution >= 0.6 is 0 Å². The van der Waals surface area contributed by atoms with Gasteiger partial charge in [0.05, 0.1) is 6.54 Å². The molecule has 1 aliphatic carbocycles. The normalized spacial score (nSPS) is 15.7. The highest BCUT2D eigenvalue weighted by molar-refractivity contribution is 5.89. The van der Waals surface area contributed by atoms with Gasteiger partial charge < -0.3 is 11.1 Å². The number of carbonyl (C=O) groups is 1. The second-order valence-corrected chi connectivity index (χ2v) is 5.52. The van der Waals surface area contributed by atoms with Crippen LogP contribution in [0.25, 0.3) is 0 Å². The highest BCUT2D eigenvalue weighted by Crippen LogP contribution is 2.25. The first kappa shape index (κ1) is 15.5. The van der Waals surface area contributed by atoms with E-state index in [1.54, 1.807) is 6.07 Å².